The zero-order valence-electron chi connectivity index (χ0n) is 11.3. The number of carbonyl (C=O) groups is 1. The molecule has 1 aliphatic heterocycles. The van der Waals surface area contributed by atoms with Crippen molar-refractivity contribution in [3.63, 3.8) is 0 Å². The lowest BCUT2D eigenvalue weighted by atomic mass is 10.1. The van der Waals surface area contributed by atoms with Crippen LogP contribution in [0.4, 0.5) is 14.5 Å². The topological polar surface area (TPSA) is 67.6 Å². The number of nitrogens with one attached hydrogen (secondary N) is 1. The summed E-state index contributed by atoms with van der Waals surface area (Å²) in [5.74, 6) is 2.76. The molecule has 1 saturated heterocycles. The van der Waals surface area contributed by atoms with Crippen LogP contribution in [-0.4, -0.2) is 36.6 Å². The van der Waals surface area contributed by atoms with Gasteiger partial charge < -0.3 is 15.1 Å². The van der Waals surface area contributed by atoms with Gasteiger partial charge in [0.15, 0.2) is 11.6 Å². The Kier molecular flexibility index (Phi) is 4.20. The molecular formula is C13H17F2N3O2. The molecule has 0 spiro atoms. The molecule has 2 rings (SSSR count). The first-order valence-corrected chi connectivity index (χ1v) is 6.30. The molecule has 110 valence electrons. The molecule has 0 aliphatic carbocycles. The molecule has 2 atom stereocenters. The highest BCUT2D eigenvalue weighted by Gasteiger charge is 2.31. The maximum absolute atomic E-state index is 13.6. The van der Waals surface area contributed by atoms with Crippen LogP contribution in [0.15, 0.2) is 12.1 Å². The number of ether oxygens (including phenoxy) is 1. The second kappa shape index (κ2) is 5.72. The minimum Gasteiger partial charge on any atom is -0.376 e. The molecule has 1 aromatic carbocycles. The van der Waals surface area contributed by atoms with E-state index in [0.717, 1.165) is 12.1 Å². The molecule has 1 aliphatic rings. The van der Waals surface area contributed by atoms with Gasteiger partial charge in [-0.2, -0.15) is 0 Å². The lowest BCUT2D eigenvalue weighted by Gasteiger charge is -2.27. The van der Waals surface area contributed by atoms with E-state index in [1.54, 1.807) is 7.05 Å². The van der Waals surface area contributed by atoms with Crippen molar-refractivity contribution in [2.24, 2.45) is 5.84 Å². The number of hydrogen-bond acceptors (Lipinski definition) is 4. The number of nitrogen functional groups attached to an aromatic ring is 1. The molecule has 7 heteroatoms. The fourth-order valence-corrected chi connectivity index (χ4v) is 2.42. The Labute approximate surface area is 115 Å². The van der Waals surface area contributed by atoms with Gasteiger partial charge in [-0.1, -0.05) is 0 Å². The second-order valence-electron chi connectivity index (χ2n) is 4.81. The van der Waals surface area contributed by atoms with Crippen LogP contribution < -0.4 is 11.3 Å². The van der Waals surface area contributed by atoms with E-state index in [1.165, 1.54) is 4.90 Å². The number of nitrogens with two attached hydrogens (primary N) is 1. The summed E-state index contributed by atoms with van der Waals surface area (Å²) < 4.78 is 32.6. The van der Waals surface area contributed by atoms with Gasteiger partial charge in [-0.25, -0.2) is 8.78 Å². The first-order chi connectivity index (χ1) is 9.45. The van der Waals surface area contributed by atoms with Gasteiger partial charge in [0.25, 0.3) is 5.91 Å². The van der Waals surface area contributed by atoms with Gasteiger partial charge in [0.1, 0.15) is 5.69 Å². The van der Waals surface area contributed by atoms with E-state index in [2.05, 4.69) is 0 Å². The second-order valence-corrected chi connectivity index (χ2v) is 4.81. The normalized spacial score (nSPS) is 21.9. The third-order valence-corrected chi connectivity index (χ3v) is 3.59. The lowest BCUT2D eigenvalue weighted by Crippen LogP contribution is -2.41. The number of likely N-dealkylation sites (N-methyl/N-ethyl adjacent to an activating group) is 1. The van der Waals surface area contributed by atoms with Gasteiger partial charge in [0, 0.05) is 19.2 Å². The van der Waals surface area contributed by atoms with Crippen LogP contribution in [0, 0.1) is 11.6 Å². The summed E-state index contributed by atoms with van der Waals surface area (Å²) in [5, 5.41) is 0. The van der Waals surface area contributed by atoms with E-state index in [1.807, 2.05) is 12.3 Å². The Bertz CT molecular complexity index is 501. The van der Waals surface area contributed by atoms with E-state index in [0.29, 0.717) is 13.0 Å². The first kappa shape index (κ1) is 14.7. The molecule has 1 amide bonds. The number of hydrazine groups is 1. The van der Waals surface area contributed by atoms with Crippen molar-refractivity contribution in [3.05, 3.63) is 29.3 Å². The van der Waals surface area contributed by atoms with E-state index in [-0.39, 0.29) is 17.7 Å². The van der Waals surface area contributed by atoms with Crippen LogP contribution in [0.3, 0.4) is 0 Å². The zero-order chi connectivity index (χ0) is 14.9. The molecule has 0 radical (unpaired) electrons. The van der Waals surface area contributed by atoms with Crippen molar-refractivity contribution in [2.45, 2.75) is 25.5 Å². The van der Waals surface area contributed by atoms with E-state index < -0.39 is 23.2 Å². The van der Waals surface area contributed by atoms with Gasteiger partial charge in [-0.15, -0.1) is 0 Å². The fourth-order valence-electron chi connectivity index (χ4n) is 2.42. The van der Waals surface area contributed by atoms with Gasteiger partial charge in [-0.05, 0) is 25.5 Å². The van der Waals surface area contributed by atoms with Crippen LogP contribution in [-0.2, 0) is 4.74 Å². The van der Waals surface area contributed by atoms with Crippen molar-refractivity contribution in [3.8, 4) is 0 Å². The molecule has 5 nitrogen and oxygen atoms in total. The maximum atomic E-state index is 13.6. The summed E-state index contributed by atoms with van der Waals surface area (Å²) in [4.78, 5) is 13.7. The summed E-state index contributed by atoms with van der Waals surface area (Å²) in [7, 11) is 1.60. The predicted octanol–water partition coefficient (Wildman–Crippen LogP) is 1.50. The van der Waals surface area contributed by atoms with E-state index in [9.17, 15) is 13.6 Å². The van der Waals surface area contributed by atoms with Crippen molar-refractivity contribution < 1.29 is 18.3 Å². The average molecular weight is 285 g/mol. The highest BCUT2D eigenvalue weighted by molar-refractivity contribution is 5.94. The zero-order valence-corrected chi connectivity index (χ0v) is 11.3. The molecule has 1 fully saturated rings. The Morgan fingerprint density at radius 1 is 1.45 bits per heavy atom. The monoisotopic (exact) mass is 285 g/mol. The van der Waals surface area contributed by atoms with Crippen molar-refractivity contribution in [1.29, 1.82) is 0 Å². The number of rotatable bonds is 3. The number of carbonyl (C=O) groups excluding carboxylic acids is 1. The highest BCUT2D eigenvalue weighted by Crippen LogP contribution is 2.23. The lowest BCUT2D eigenvalue weighted by molar-refractivity contribution is 0.0574. The van der Waals surface area contributed by atoms with E-state index >= 15 is 0 Å². The molecule has 3 N–H and O–H groups in total. The molecule has 1 aromatic rings. The quantitative estimate of drug-likeness (QED) is 0.652. The van der Waals surface area contributed by atoms with Gasteiger partial charge >= 0.3 is 0 Å². The number of anilines is 1. The van der Waals surface area contributed by atoms with Crippen LogP contribution >= 0.6 is 0 Å². The standard InChI is InChI=1S/C13H17F2N3O2/c1-7-11(3-4-20-7)18(2)13(19)8-5-9(14)12(17-16)10(15)6-8/h5-7,11,17H,3-4,16H2,1-2H3. The van der Waals surface area contributed by atoms with Crippen LogP contribution in [0.2, 0.25) is 0 Å². The number of halogens is 2. The largest absolute Gasteiger partial charge is 0.376 e. The van der Waals surface area contributed by atoms with Gasteiger partial charge in [0.05, 0.1) is 12.1 Å². The molecule has 0 saturated carbocycles. The molecule has 1 heterocycles. The number of benzene rings is 1. The number of nitrogens with zero attached hydrogens (tertiary/aromatic N) is 1. The Morgan fingerprint density at radius 2 is 2.05 bits per heavy atom. The summed E-state index contributed by atoms with van der Waals surface area (Å²) in [6, 6.07) is 1.84. The Hall–Kier alpha value is -1.73. The molecule has 0 bridgehead atoms. The van der Waals surface area contributed by atoms with Crippen molar-refractivity contribution in [2.75, 3.05) is 19.1 Å². The summed E-state index contributed by atoms with van der Waals surface area (Å²) in [5.41, 5.74) is 1.41. The molecule has 2 unspecified atom stereocenters. The Balaban J connectivity index is 2.25. The smallest absolute Gasteiger partial charge is 0.254 e. The predicted molar refractivity (Wildman–Crippen MR) is 70.1 cm³/mol. The third kappa shape index (κ3) is 2.59. The van der Waals surface area contributed by atoms with Crippen LogP contribution in [0.25, 0.3) is 0 Å². The highest BCUT2D eigenvalue weighted by atomic mass is 19.1. The summed E-state index contributed by atoms with van der Waals surface area (Å²) >= 11 is 0. The minimum atomic E-state index is -0.903. The van der Waals surface area contributed by atoms with Crippen molar-refractivity contribution in [1.82, 2.24) is 4.90 Å². The fraction of sp³-hybridized carbons (Fsp3) is 0.462. The van der Waals surface area contributed by atoms with Crippen LogP contribution in [0.5, 0.6) is 0 Å². The maximum Gasteiger partial charge on any atom is 0.254 e. The van der Waals surface area contributed by atoms with Crippen LogP contribution in [0.1, 0.15) is 23.7 Å². The molecule has 0 aromatic heterocycles. The summed E-state index contributed by atoms with van der Waals surface area (Å²) in [6.45, 7) is 2.44. The number of amides is 1. The van der Waals surface area contributed by atoms with Gasteiger partial charge in [0.2, 0.25) is 0 Å². The summed E-state index contributed by atoms with van der Waals surface area (Å²) in [6.07, 6.45) is 0.611. The van der Waals surface area contributed by atoms with Gasteiger partial charge in [-0.3, -0.25) is 10.6 Å². The van der Waals surface area contributed by atoms with Crippen molar-refractivity contribution >= 4 is 11.6 Å². The van der Waals surface area contributed by atoms with E-state index in [4.69, 9.17) is 10.6 Å². The first-order valence-electron chi connectivity index (χ1n) is 6.30. The average Bonchev–Trinajstić information content (AvgIpc) is 2.83. The SMILES string of the molecule is CC1OCCC1N(C)C(=O)c1cc(F)c(NN)c(F)c1. The molecule has 20 heavy (non-hydrogen) atoms. The Morgan fingerprint density at radius 3 is 2.50 bits per heavy atom. The number of hydrogen-bond donors (Lipinski definition) is 2. The third-order valence-electron chi connectivity index (χ3n) is 3.59. The minimum absolute atomic E-state index is 0.0550. The molecular weight excluding hydrogens is 268 g/mol.